The van der Waals surface area contributed by atoms with Crippen LogP contribution in [0, 0.1) is 12.8 Å². The molecular weight excluding hydrogens is 260 g/mol. The number of hydrogen-bond acceptors (Lipinski definition) is 1. The van der Waals surface area contributed by atoms with Gasteiger partial charge in [-0.2, -0.15) is 0 Å². The summed E-state index contributed by atoms with van der Waals surface area (Å²) in [6.45, 7) is 5.61. The van der Waals surface area contributed by atoms with E-state index in [2.05, 4.69) is 6.92 Å². The third-order valence-corrected chi connectivity index (χ3v) is 1.02. The predicted molar refractivity (Wildman–Crippen MR) is 24.3 cm³/mol. The largest absolute Gasteiger partial charge is 0.384 e. The summed E-state index contributed by atoms with van der Waals surface area (Å²) >= 11 is 0. The minimum atomic E-state index is 0. The van der Waals surface area contributed by atoms with Crippen molar-refractivity contribution in [2.24, 2.45) is 5.92 Å². The Labute approximate surface area is 58.7 Å². The van der Waals surface area contributed by atoms with Crippen LogP contribution < -0.4 is 0 Å². The standard InChI is InChI=1S/C5H9O.W/c1-5-2-3-6-4-5;/h5H,1-4H2;/q-1;. The van der Waals surface area contributed by atoms with E-state index in [4.69, 9.17) is 4.74 Å². The molecule has 0 spiro atoms. The molecule has 1 aliphatic heterocycles. The molecule has 1 nitrogen and oxygen atoms in total. The summed E-state index contributed by atoms with van der Waals surface area (Å²) in [6.07, 6.45) is 1.15. The van der Waals surface area contributed by atoms with Crippen molar-refractivity contribution >= 4 is 0 Å². The van der Waals surface area contributed by atoms with Gasteiger partial charge >= 0.3 is 0 Å². The van der Waals surface area contributed by atoms with Crippen molar-refractivity contribution < 1.29 is 25.8 Å². The first kappa shape index (κ1) is 7.65. The van der Waals surface area contributed by atoms with Gasteiger partial charge in [0.1, 0.15) is 0 Å². The zero-order valence-electron chi connectivity index (χ0n) is 4.22. The molecule has 0 radical (unpaired) electrons. The van der Waals surface area contributed by atoms with Gasteiger partial charge in [0.25, 0.3) is 0 Å². The van der Waals surface area contributed by atoms with Crippen LogP contribution in [0.5, 0.6) is 0 Å². The fraction of sp³-hybridized carbons (Fsp3) is 0.800. The monoisotopic (exact) mass is 269 g/mol. The molecule has 1 saturated heterocycles. The smallest absolute Gasteiger partial charge is 0.0443 e. The molecule has 1 heterocycles. The Morgan fingerprint density at radius 2 is 2.29 bits per heavy atom. The van der Waals surface area contributed by atoms with Crippen molar-refractivity contribution in [1.29, 1.82) is 0 Å². The molecule has 1 fully saturated rings. The van der Waals surface area contributed by atoms with Gasteiger partial charge in [-0.3, -0.25) is 0 Å². The average molecular weight is 269 g/mol. The van der Waals surface area contributed by atoms with Gasteiger partial charge in [-0.05, 0) is 0 Å². The molecule has 1 rings (SSSR count). The zero-order chi connectivity index (χ0) is 4.41. The van der Waals surface area contributed by atoms with E-state index in [1.807, 2.05) is 0 Å². The minimum absolute atomic E-state index is 0. The summed E-state index contributed by atoms with van der Waals surface area (Å²) in [4.78, 5) is 0. The van der Waals surface area contributed by atoms with Gasteiger partial charge < -0.3 is 11.7 Å². The summed E-state index contributed by atoms with van der Waals surface area (Å²) < 4.78 is 4.99. The Morgan fingerprint density at radius 3 is 2.43 bits per heavy atom. The number of rotatable bonds is 0. The Morgan fingerprint density at radius 1 is 1.57 bits per heavy atom. The van der Waals surface area contributed by atoms with E-state index < -0.39 is 0 Å². The van der Waals surface area contributed by atoms with Crippen LogP contribution in [0.3, 0.4) is 0 Å². The molecule has 0 aromatic heterocycles. The van der Waals surface area contributed by atoms with Gasteiger partial charge in [0.2, 0.25) is 0 Å². The second-order valence-corrected chi connectivity index (χ2v) is 1.73. The summed E-state index contributed by atoms with van der Waals surface area (Å²) in [6, 6.07) is 0. The molecule has 0 N–H and O–H groups in total. The maximum atomic E-state index is 4.99. The summed E-state index contributed by atoms with van der Waals surface area (Å²) in [5, 5.41) is 0. The average Bonchev–Trinajstić information content (AvgIpc) is 1.86. The molecule has 0 amide bonds. The SMILES string of the molecule is [CH2-]C1CCOC1.[W]. The van der Waals surface area contributed by atoms with Gasteiger partial charge in [-0.1, -0.05) is 6.42 Å². The normalized spacial score (nSPS) is 29.6. The first-order valence-electron chi connectivity index (χ1n) is 2.30. The van der Waals surface area contributed by atoms with E-state index in [-0.39, 0.29) is 21.1 Å². The molecule has 1 aliphatic rings. The number of hydrogen-bond donors (Lipinski definition) is 0. The first-order chi connectivity index (χ1) is 2.89. The fourth-order valence-electron chi connectivity index (χ4n) is 0.583. The van der Waals surface area contributed by atoms with Crippen LogP contribution in [0.1, 0.15) is 6.42 Å². The van der Waals surface area contributed by atoms with Gasteiger partial charge in [0.05, 0.1) is 0 Å². The molecule has 0 aromatic rings. The molecule has 7 heavy (non-hydrogen) atoms. The second kappa shape index (κ2) is 3.63. The molecular formula is C5H9OW-. The molecule has 0 aliphatic carbocycles. The van der Waals surface area contributed by atoms with Crippen molar-refractivity contribution in [1.82, 2.24) is 0 Å². The number of ether oxygens (including phenoxy) is 1. The molecule has 0 saturated carbocycles. The van der Waals surface area contributed by atoms with Crippen LogP contribution in [0.2, 0.25) is 0 Å². The van der Waals surface area contributed by atoms with E-state index in [0.717, 1.165) is 19.6 Å². The third-order valence-electron chi connectivity index (χ3n) is 1.02. The molecule has 0 bridgehead atoms. The fourth-order valence-corrected chi connectivity index (χ4v) is 0.583. The van der Waals surface area contributed by atoms with Crippen LogP contribution in [0.15, 0.2) is 0 Å². The van der Waals surface area contributed by atoms with E-state index >= 15 is 0 Å². The Bertz CT molecular complexity index is 41.3. The Kier molecular flexibility index (Phi) is 3.96. The van der Waals surface area contributed by atoms with Crippen LogP contribution in [-0.2, 0) is 25.8 Å². The van der Waals surface area contributed by atoms with Crippen LogP contribution in [0.25, 0.3) is 0 Å². The van der Waals surface area contributed by atoms with Crippen LogP contribution >= 0.6 is 0 Å². The molecule has 1 unspecified atom stereocenters. The molecule has 2 heteroatoms. The summed E-state index contributed by atoms with van der Waals surface area (Å²) in [7, 11) is 0. The predicted octanol–water partition coefficient (Wildman–Crippen LogP) is 0.854. The first-order valence-corrected chi connectivity index (χ1v) is 2.30. The van der Waals surface area contributed by atoms with Gasteiger partial charge in [-0.15, -0.1) is 5.92 Å². The van der Waals surface area contributed by atoms with Gasteiger partial charge in [0, 0.05) is 34.3 Å². The Balaban J connectivity index is 0.000000360. The Hall–Kier alpha value is 0.648. The molecule has 42 valence electrons. The molecule has 1 atom stereocenters. The van der Waals surface area contributed by atoms with Crippen molar-refractivity contribution in [2.75, 3.05) is 13.2 Å². The van der Waals surface area contributed by atoms with Crippen molar-refractivity contribution in [3.8, 4) is 0 Å². The van der Waals surface area contributed by atoms with Crippen molar-refractivity contribution in [3.05, 3.63) is 6.92 Å². The van der Waals surface area contributed by atoms with Crippen molar-refractivity contribution in [2.45, 2.75) is 6.42 Å². The zero-order valence-corrected chi connectivity index (χ0v) is 7.16. The van der Waals surface area contributed by atoms with Gasteiger partial charge in [-0.25, -0.2) is 0 Å². The molecule has 0 aromatic carbocycles. The van der Waals surface area contributed by atoms with Crippen molar-refractivity contribution in [3.63, 3.8) is 0 Å². The van der Waals surface area contributed by atoms with Crippen LogP contribution in [0.4, 0.5) is 0 Å². The summed E-state index contributed by atoms with van der Waals surface area (Å²) in [5.41, 5.74) is 0. The van der Waals surface area contributed by atoms with E-state index in [1.54, 1.807) is 0 Å². The summed E-state index contributed by atoms with van der Waals surface area (Å²) in [5.74, 6) is 0.574. The van der Waals surface area contributed by atoms with E-state index in [9.17, 15) is 0 Å². The second-order valence-electron chi connectivity index (χ2n) is 1.73. The van der Waals surface area contributed by atoms with E-state index in [0.29, 0.717) is 5.92 Å². The maximum absolute atomic E-state index is 4.99. The quantitative estimate of drug-likeness (QED) is 0.592. The van der Waals surface area contributed by atoms with Crippen LogP contribution in [-0.4, -0.2) is 13.2 Å². The third kappa shape index (κ3) is 2.46. The maximum Gasteiger partial charge on any atom is 0.0443 e. The van der Waals surface area contributed by atoms with E-state index in [1.165, 1.54) is 0 Å². The van der Waals surface area contributed by atoms with Gasteiger partial charge in [0.15, 0.2) is 0 Å². The minimum Gasteiger partial charge on any atom is -0.384 e. The topological polar surface area (TPSA) is 9.23 Å².